The molecule has 0 saturated heterocycles. The molecule has 0 N–H and O–H groups in total. The van der Waals surface area contributed by atoms with Gasteiger partial charge in [0.2, 0.25) is 0 Å². The average molecular weight is 251 g/mol. The van der Waals surface area contributed by atoms with E-state index in [0.29, 0.717) is 4.83 Å². The number of hydrogen-bond acceptors (Lipinski definition) is 1. The molecule has 0 spiro atoms. The topological polar surface area (TPSA) is 9.23 Å². The second-order valence-electron chi connectivity index (χ2n) is 3.13. The van der Waals surface area contributed by atoms with Gasteiger partial charge in [0.1, 0.15) is 11.5 Å². The molecule has 0 amide bonds. The van der Waals surface area contributed by atoms with Gasteiger partial charge in [0, 0.05) is 4.83 Å². The van der Waals surface area contributed by atoms with Crippen LogP contribution in [0.5, 0.6) is 5.75 Å². The van der Waals surface area contributed by atoms with E-state index in [1.54, 1.807) is 0 Å². The maximum atomic E-state index is 5.66. The van der Waals surface area contributed by atoms with Crippen LogP contribution in [0.15, 0.2) is 54.3 Å². The van der Waals surface area contributed by atoms with Crippen LogP contribution < -0.4 is 4.74 Å². The van der Waals surface area contributed by atoms with E-state index in [9.17, 15) is 0 Å². The summed E-state index contributed by atoms with van der Waals surface area (Å²) in [5.41, 5.74) is 0. The van der Waals surface area contributed by atoms with Crippen LogP contribution in [0.3, 0.4) is 0 Å². The largest absolute Gasteiger partial charge is 0.458 e. The summed E-state index contributed by atoms with van der Waals surface area (Å²) in [6.07, 6.45) is 7.17. The number of halogens is 1. The highest BCUT2D eigenvalue weighted by atomic mass is 79.9. The zero-order chi connectivity index (χ0) is 9.80. The fraction of sp³-hybridized carbons (Fsp3) is 0.167. The van der Waals surface area contributed by atoms with Crippen molar-refractivity contribution in [2.45, 2.75) is 11.2 Å². The maximum absolute atomic E-state index is 5.66. The summed E-state index contributed by atoms with van der Waals surface area (Å²) < 4.78 is 5.66. The van der Waals surface area contributed by atoms with Crippen molar-refractivity contribution in [2.75, 3.05) is 0 Å². The van der Waals surface area contributed by atoms with Crippen LogP contribution in [0.4, 0.5) is 0 Å². The number of allylic oxidation sites excluding steroid dienone is 3. The van der Waals surface area contributed by atoms with E-state index < -0.39 is 0 Å². The Hall–Kier alpha value is -1.02. The Bertz CT molecular complexity index is 354. The van der Waals surface area contributed by atoms with Gasteiger partial charge in [0.05, 0.1) is 0 Å². The minimum Gasteiger partial charge on any atom is -0.458 e. The van der Waals surface area contributed by atoms with Crippen molar-refractivity contribution in [1.82, 2.24) is 0 Å². The van der Waals surface area contributed by atoms with Crippen molar-refractivity contribution in [1.29, 1.82) is 0 Å². The summed E-state index contributed by atoms with van der Waals surface area (Å²) in [5, 5.41) is 0. The summed E-state index contributed by atoms with van der Waals surface area (Å²) in [4.78, 5) is 0.450. The monoisotopic (exact) mass is 250 g/mol. The number of para-hydroxylation sites is 1. The van der Waals surface area contributed by atoms with Gasteiger partial charge in [-0.2, -0.15) is 0 Å². The van der Waals surface area contributed by atoms with Gasteiger partial charge in [-0.25, -0.2) is 0 Å². The van der Waals surface area contributed by atoms with Crippen molar-refractivity contribution >= 4 is 15.9 Å². The van der Waals surface area contributed by atoms with E-state index in [0.717, 1.165) is 17.9 Å². The molecule has 14 heavy (non-hydrogen) atoms. The first kappa shape index (κ1) is 9.53. The van der Waals surface area contributed by atoms with Crippen molar-refractivity contribution in [3.05, 3.63) is 54.3 Å². The van der Waals surface area contributed by atoms with Crippen LogP contribution in [-0.4, -0.2) is 4.83 Å². The molecule has 0 bridgehead atoms. The van der Waals surface area contributed by atoms with Crippen molar-refractivity contribution in [3.8, 4) is 5.75 Å². The first-order valence-electron chi connectivity index (χ1n) is 4.60. The molecule has 0 saturated carbocycles. The van der Waals surface area contributed by atoms with Crippen LogP contribution in [-0.2, 0) is 0 Å². The van der Waals surface area contributed by atoms with Crippen molar-refractivity contribution < 1.29 is 4.74 Å². The Balaban J connectivity index is 2.03. The second kappa shape index (κ2) is 4.47. The number of hydrogen-bond donors (Lipinski definition) is 0. The van der Waals surface area contributed by atoms with Gasteiger partial charge in [-0.1, -0.05) is 40.2 Å². The molecular weight excluding hydrogens is 240 g/mol. The van der Waals surface area contributed by atoms with Crippen molar-refractivity contribution in [3.63, 3.8) is 0 Å². The Morgan fingerprint density at radius 1 is 1.21 bits per heavy atom. The molecule has 1 unspecified atom stereocenters. The molecular formula is C12H11BrO. The first-order chi connectivity index (χ1) is 6.84. The molecule has 72 valence electrons. The van der Waals surface area contributed by atoms with Gasteiger partial charge >= 0.3 is 0 Å². The highest BCUT2D eigenvalue weighted by molar-refractivity contribution is 9.09. The average Bonchev–Trinajstić information content (AvgIpc) is 2.23. The molecule has 0 radical (unpaired) electrons. The molecule has 1 aromatic carbocycles. The van der Waals surface area contributed by atoms with E-state index in [1.165, 1.54) is 0 Å². The molecule has 0 aliphatic heterocycles. The van der Waals surface area contributed by atoms with Gasteiger partial charge in [0.25, 0.3) is 0 Å². The summed E-state index contributed by atoms with van der Waals surface area (Å²) in [7, 11) is 0. The standard InChI is InChI=1S/C12H11BrO/c13-10-6-8-12(9-7-10)14-11-4-2-1-3-5-11/h1-6,8-10H,7H2. The van der Waals surface area contributed by atoms with Gasteiger partial charge < -0.3 is 4.74 Å². The molecule has 2 heteroatoms. The Labute approximate surface area is 92.2 Å². The number of ether oxygens (including phenoxy) is 1. The first-order valence-corrected chi connectivity index (χ1v) is 5.51. The Morgan fingerprint density at radius 3 is 2.64 bits per heavy atom. The molecule has 1 aliphatic carbocycles. The van der Waals surface area contributed by atoms with Gasteiger partial charge in [-0.15, -0.1) is 0 Å². The summed E-state index contributed by atoms with van der Waals surface area (Å²) in [6.45, 7) is 0. The zero-order valence-electron chi connectivity index (χ0n) is 7.69. The van der Waals surface area contributed by atoms with E-state index in [1.807, 2.05) is 36.4 Å². The SMILES string of the molecule is BrC1C=CC(Oc2ccccc2)=CC1. The van der Waals surface area contributed by atoms with E-state index in [4.69, 9.17) is 4.74 Å². The molecule has 0 aromatic heterocycles. The van der Waals surface area contributed by atoms with Crippen LogP contribution in [0.25, 0.3) is 0 Å². The lowest BCUT2D eigenvalue weighted by Gasteiger charge is -2.11. The quantitative estimate of drug-likeness (QED) is 0.728. The predicted molar refractivity (Wildman–Crippen MR) is 61.6 cm³/mol. The minimum atomic E-state index is 0.450. The van der Waals surface area contributed by atoms with Gasteiger partial charge in [0.15, 0.2) is 0 Å². The molecule has 1 aliphatic rings. The molecule has 1 nitrogen and oxygen atoms in total. The van der Waals surface area contributed by atoms with E-state index in [2.05, 4.69) is 28.1 Å². The van der Waals surface area contributed by atoms with Crippen LogP contribution in [0.2, 0.25) is 0 Å². The lowest BCUT2D eigenvalue weighted by atomic mass is 10.2. The second-order valence-corrected chi connectivity index (χ2v) is 4.31. The van der Waals surface area contributed by atoms with Gasteiger partial charge in [-0.05, 0) is 30.7 Å². The highest BCUT2D eigenvalue weighted by Gasteiger charge is 2.05. The highest BCUT2D eigenvalue weighted by Crippen LogP contribution is 2.20. The van der Waals surface area contributed by atoms with Crippen LogP contribution in [0.1, 0.15) is 6.42 Å². The van der Waals surface area contributed by atoms with Crippen LogP contribution in [0, 0.1) is 0 Å². The fourth-order valence-corrected chi connectivity index (χ4v) is 1.61. The predicted octanol–water partition coefficient (Wildman–Crippen LogP) is 3.67. The number of alkyl halides is 1. The Kier molecular flexibility index (Phi) is 3.04. The van der Waals surface area contributed by atoms with Crippen LogP contribution >= 0.6 is 15.9 Å². The van der Waals surface area contributed by atoms with E-state index >= 15 is 0 Å². The third-order valence-electron chi connectivity index (χ3n) is 1.99. The molecule has 1 aromatic rings. The third kappa shape index (κ3) is 2.48. The van der Waals surface area contributed by atoms with Gasteiger partial charge in [-0.3, -0.25) is 0 Å². The maximum Gasteiger partial charge on any atom is 0.127 e. The molecule has 0 fully saturated rings. The van der Waals surface area contributed by atoms with Crippen molar-refractivity contribution in [2.24, 2.45) is 0 Å². The molecule has 0 heterocycles. The normalized spacial score (nSPS) is 20.4. The minimum absolute atomic E-state index is 0.450. The summed E-state index contributed by atoms with van der Waals surface area (Å²) >= 11 is 3.51. The smallest absolute Gasteiger partial charge is 0.127 e. The lowest BCUT2D eigenvalue weighted by Crippen LogP contribution is -2.01. The molecule has 1 atom stereocenters. The molecule has 2 rings (SSSR count). The summed E-state index contributed by atoms with van der Waals surface area (Å²) in [6, 6.07) is 9.82. The third-order valence-corrected chi connectivity index (χ3v) is 2.67. The Morgan fingerprint density at radius 2 is 2.00 bits per heavy atom. The summed E-state index contributed by atoms with van der Waals surface area (Å²) in [5.74, 6) is 1.81. The zero-order valence-corrected chi connectivity index (χ0v) is 9.28. The number of rotatable bonds is 2. The lowest BCUT2D eigenvalue weighted by molar-refractivity contribution is 0.439. The fourth-order valence-electron chi connectivity index (χ4n) is 1.27. The van der Waals surface area contributed by atoms with E-state index in [-0.39, 0.29) is 0 Å². The number of benzene rings is 1.